The molecular formula is C14H16O3. The van der Waals surface area contributed by atoms with Crippen LogP contribution in [-0.4, -0.2) is 11.9 Å². The van der Waals surface area contributed by atoms with Gasteiger partial charge in [0.05, 0.1) is 12.3 Å². The van der Waals surface area contributed by atoms with Crippen molar-refractivity contribution in [1.29, 1.82) is 0 Å². The number of carbonyl (C=O) groups excluding carboxylic acids is 2. The zero-order chi connectivity index (χ0) is 12.6. The van der Waals surface area contributed by atoms with Gasteiger partial charge in [-0.05, 0) is 16.5 Å². The van der Waals surface area contributed by atoms with Crippen molar-refractivity contribution in [2.24, 2.45) is 0 Å². The minimum absolute atomic E-state index is 0.0878. The third kappa shape index (κ3) is 2.38. The zero-order valence-corrected chi connectivity index (χ0v) is 10.3. The van der Waals surface area contributed by atoms with Crippen LogP contribution in [0.2, 0.25) is 0 Å². The number of hydrogen-bond donors (Lipinski definition) is 0. The van der Waals surface area contributed by atoms with Gasteiger partial charge in [0.15, 0.2) is 0 Å². The van der Waals surface area contributed by atoms with Gasteiger partial charge in [-0.15, -0.1) is 0 Å². The van der Waals surface area contributed by atoms with Gasteiger partial charge in [-0.25, -0.2) is 0 Å². The Labute approximate surface area is 101 Å². The quantitative estimate of drug-likeness (QED) is 0.552. The van der Waals surface area contributed by atoms with E-state index in [0.29, 0.717) is 0 Å². The molecule has 1 aromatic rings. The predicted octanol–water partition coefficient (Wildman–Crippen LogP) is 2.54. The van der Waals surface area contributed by atoms with Gasteiger partial charge < -0.3 is 4.74 Å². The maximum atomic E-state index is 11.4. The lowest BCUT2D eigenvalue weighted by molar-refractivity contribution is -0.152. The predicted molar refractivity (Wildman–Crippen MR) is 63.6 cm³/mol. The molecule has 1 aliphatic rings. The molecule has 1 fully saturated rings. The minimum Gasteiger partial charge on any atom is -0.393 e. The molecule has 3 nitrogen and oxygen atoms in total. The average molecular weight is 232 g/mol. The van der Waals surface area contributed by atoms with E-state index in [1.807, 2.05) is 24.3 Å². The monoisotopic (exact) mass is 232 g/mol. The van der Waals surface area contributed by atoms with Gasteiger partial charge in [0.1, 0.15) is 0 Å². The molecule has 0 radical (unpaired) electrons. The highest BCUT2D eigenvalue weighted by Gasteiger charge is 2.34. The summed E-state index contributed by atoms with van der Waals surface area (Å²) in [5.74, 6) is -1.28. The lowest BCUT2D eigenvalue weighted by atomic mass is 9.85. The highest BCUT2D eigenvalue weighted by atomic mass is 16.6. The number of esters is 2. The third-order valence-corrected chi connectivity index (χ3v) is 3.05. The van der Waals surface area contributed by atoms with Crippen molar-refractivity contribution in [2.45, 2.75) is 38.5 Å². The largest absolute Gasteiger partial charge is 0.393 e. The summed E-state index contributed by atoms with van der Waals surface area (Å²) in [7, 11) is 0. The van der Waals surface area contributed by atoms with Gasteiger partial charge >= 0.3 is 11.9 Å². The van der Waals surface area contributed by atoms with Crippen LogP contribution in [0.25, 0.3) is 0 Å². The first kappa shape index (κ1) is 11.8. The number of carbonyl (C=O) groups is 2. The molecule has 0 aliphatic carbocycles. The topological polar surface area (TPSA) is 43.4 Å². The molecule has 1 aromatic carbocycles. The van der Waals surface area contributed by atoms with E-state index in [2.05, 4.69) is 25.5 Å². The molecule has 0 spiro atoms. The molecule has 90 valence electrons. The minimum atomic E-state index is -0.432. The molecule has 1 heterocycles. The van der Waals surface area contributed by atoms with Crippen LogP contribution in [0.4, 0.5) is 0 Å². The normalized spacial score (nSPS) is 20.5. The van der Waals surface area contributed by atoms with Crippen LogP contribution >= 0.6 is 0 Å². The average Bonchev–Trinajstić information content (AvgIpc) is 2.57. The Morgan fingerprint density at radius 2 is 1.71 bits per heavy atom. The molecule has 0 amide bonds. The summed E-state index contributed by atoms with van der Waals surface area (Å²) < 4.78 is 4.55. The first-order valence-electron chi connectivity index (χ1n) is 5.73. The molecule has 0 saturated carbocycles. The van der Waals surface area contributed by atoms with Crippen LogP contribution in [0, 0.1) is 0 Å². The van der Waals surface area contributed by atoms with E-state index in [9.17, 15) is 9.59 Å². The van der Waals surface area contributed by atoms with Crippen molar-refractivity contribution in [1.82, 2.24) is 0 Å². The fourth-order valence-electron chi connectivity index (χ4n) is 1.94. The summed E-state index contributed by atoms with van der Waals surface area (Å²) >= 11 is 0. The van der Waals surface area contributed by atoms with Crippen molar-refractivity contribution in [3.05, 3.63) is 35.4 Å². The number of hydrogen-bond acceptors (Lipinski definition) is 3. The summed E-state index contributed by atoms with van der Waals surface area (Å²) in [6.07, 6.45) is 0.160. The van der Waals surface area contributed by atoms with Crippen LogP contribution in [0.1, 0.15) is 44.2 Å². The van der Waals surface area contributed by atoms with E-state index in [4.69, 9.17) is 0 Å². The summed E-state index contributed by atoms with van der Waals surface area (Å²) in [4.78, 5) is 22.4. The van der Waals surface area contributed by atoms with Crippen molar-refractivity contribution < 1.29 is 14.3 Å². The molecular weight excluding hydrogens is 216 g/mol. The van der Waals surface area contributed by atoms with Crippen LogP contribution in [-0.2, 0) is 19.7 Å². The molecule has 2 rings (SSSR count). The maximum absolute atomic E-state index is 11.4. The van der Waals surface area contributed by atoms with E-state index >= 15 is 0 Å². The van der Waals surface area contributed by atoms with Gasteiger partial charge in [-0.2, -0.15) is 0 Å². The van der Waals surface area contributed by atoms with Crippen molar-refractivity contribution >= 4 is 11.9 Å². The fourth-order valence-corrected chi connectivity index (χ4v) is 1.94. The molecule has 0 bridgehead atoms. The summed E-state index contributed by atoms with van der Waals surface area (Å²) in [5.41, 5.74) is 2.15. The van der Waals surface area contributed by atoms with Crippen LogP contribution in [0.15, 0.2) is 24.3 Å². The van der Waals surface area contributed by atoms with Crippen LogP contribution in [0.5, 0.6) is 0 Å². The summed E-state index contributed by atoms with van der Waals surface area (Å²) in [6, 6.07) is 7.83. The Hall–Kier alpha value is -1.64. The first-order chi connectivity index (χ1) is 7.88. The van der Waals surface area contributed by atoms with Gasteiger partial charge in [0.25, 0.3) is 0 Å². The molecule has 1 unspecified atom stereocenters. The van der Waals surface area contributed by atoms with E-state index in [1.165, 1.54) is 5.56 Å². The maximum Gasteiger partial charge on any atom is 0.321 e. The number of ether oxygens (including phenoxy) is 1. The lowest BCUT2D eigenvalue weighted by Crippen LogP contribution is -2.11. The smallest absolute Gasteiger partial charge is 0.321 e. The molecule has 1 saturated heterocycles. The highest BCUT2D eigenvalue weighted by Crippen LogP contribution is 2.29. The number of rotatable bonds is 1. The Balaban J connectivity index is 2.24. The van der Waals surface area contributed by atoms with E-state index in [0.717, 1.165) is 5.56 Å². The zero-order valence-electron chi connectivity index (χ0n) is 10.3. The van der Waals surface area contributed by atoms with Crippen LogP contribution < -0.4 is 0 Å². The Morgan fingerprint density at radius 1 is 1.12 bits per heavy atom. The molecule has 3 heteroatoms. The standard InChI is InChI=1S/C14H16O3/c1-14(2,3)10-6-4-9(5-7-10)11-8-12(15)17-13(11)16/h4-7,11H,8H2,1-3H3. The van der Waals surface area contributed by atoms with Crippen LogP contribution in [0.3, 0.4) is 0 Å². The number of benzene rings is 1. The Kier molecular flexibility index (Phi) is 2.77. The number of cyclic esters (lactones) is 2. The summed E-state index contributed by atoms with van der Waals surface area (Å²) in [5, 5.41) is 0. The molecule has 1 aliphatic heterocycles. The second kappa shape index (κ2) is 3.99. The van der Waals surface area contributed by atoms with Gasteiger partial charge in [0.2, 0.25) is 0 Å². The Morgan fingerprint density at radius 3 is 2.12 bits per heavy atom. The second-order valence-corrected chi connectivity index (χ2v) is 5.42. The van der Waals surface area contributed by atoms with Gasteiger partial charge in [-0.3, -0.25) is 9.59 Å². The molecule has 17 heavy (non-hydrogen) atoms. The Bertz CT molecular complexity index is 451. The molecule has 1 atom stereocenters. The van der Waals surface area contributed by atoms with Crippen molar-refractivity contribution in [3.63, 3.8) is 0 Å². The van der Waals surface area contributed by atoms with Crippen molar-refractivity contribution in [2.75, 3.05) is 0 Å². The van der Waals surface area contributed by atoms with E-state index in [-0.39, 0.29) is 11.8 Å². The first-order valence-corrected chi connectivity index (χ1v) is 5.73. The SMILES string of the molecule is CC(C)(C)c1ccc(C2CC(=O)OC2=O)cc1. The van der Waals surface area contributed by atoms with Gasteiger partial charge in [-0.1, -0.05) is 45.0 Å². The third-order valence-electron chi connectivity index (χ3n) is 3.05. The fraction of sp³-hybridized carbons (Fsp3) is 0.429. The molecule has 0 N–H and O–H groups in total. The summed E-state index contributed by atoms with van der Waals surface area (Å²) in [6.45, 7) is 6.40. The second-order valence-electron chi connectivity index (χ2n) is 5.42. The van der Waals surface area contributed by atoms with Gasteiger partial charge in [0, 0.05) is 0 Å². The molecule has 0 aromatic heterocycles. The van der Waals surface area contributed by atoms with E-state index in [1.54, 1.807) is 0 Å². The lowest BCUT2D eigenvalue weighted by Gasteiger charge is -2.19. The van der Waals surface area contributed by atoms with Crippen molar-refractivity contribution in [3.8, 4) is 0 Å². The highest BCUT2D eigenvalue weighted by molar-refractivity contribution is 5.97. The van der Waals surface area contributed by atoms with E-state index < -0.39 is 17.9 Å².